The first-order valence-electron chi connectivity index (χ1n) is 27.8. The van der Waals surface area contributed by atoms with Crippen LogP contribution in [0.1, 0.15) is 141 Å². The number of allylic oxidation sites excluding steroid dienone is 1. The summed E-state index contributed by atoms with van der Waals surface area (Å²) in [7, 11) is 0. The van der Waals surface area contributed by atoms with Crippen LogP contribution >= 0.6 is 11.8 Å². The highest BCUT2D eigenvalue weighted by atomic mass is 32.2. The summed E-state index contributed by atoms with van der Waals surface area (Å²) in [5.41, 5.74) is 0. The van der Waals surface area contributed by atoms with E-state index < -0.39 is 0 Å². The molecule has 8 fully saturated rings. The monoisotopic (exact) mass is 964 g/mol. The van der Waals surface area contributed by atoms with Crippen LogP contribution in [-0.2, 0) is 14.2 Å². The van der Waals surface area contributed by atoms with Crippen molar-refractivity contribution in [2.45, 2.75) is 141 Å². The number of hydrogen-bond acceptors (Lipinski definition) is 13. The lowest BCUT2D eigenvalue weighted by atomic mass is 10.0. The highest BCUT2D eigenvalue weighted by Gasteiger charge is 1.98. The van der Waals surface area contributed by atoms with Gasteiger partial charge in [-0.05, 0) is 153 Å². The third-order valence-corrected chi connectivity index (χ3v) is 12.6. The van der Waals surface area contributed by atoms with Crippen molar-refractivity contribution in [3.63, 3.8) is 0 Å². The van der Waals surface area contributed by atoms with E-state index in [0.717, 1.165) is 118 Å². The molecule has 0 aromatic heterocycles. The lowest BCUT2D eigenvalue weighted by Crippen LogP contribution is -2.39. The van der Waals surface area contributed by atoms with Gasteiger partial charge in [0.25, 0.3) is 0 Å². The molecule has 0 aromatic carbocycles. The Labute approximate surface area is 418 Å². The normalized spacial score (nSPS) is 22.8. The minimum absolute atomic E-state index is 0.889. The fourth-order valence-electron chi connectivity index (χ4n) is 7.29. The average molecular weight is 965 g/mol. The van der Waals surface area contributed by atoms with Crippen molar-refractivity contribution in [1.82, 2.24) is 47.9 Å². The molecular formula is C54H109N9O3S. The minimum Gasteiger partial charge on any atom is -0.391 e. The van der Waals surface area contributed by atoms with Gasteiger partial charge < -0.3 is 62.1 Å². The molecule has 12 nitrogen and oxygen atoms in total. The number of hydrogen-bond donors (Lipinski definition) is 9. The maximum absolute atomic E-state index is 5.07. The van der Waals surface area contributed by atoms with E-state index in [0.29, 0.717) is 0 Å². The maximum atomic E-state index is 5.07. The summed E-state index contributed by atoms with van der Waals surface area (Å²) in [5, 5.41) is 28.6. The van der Waals surface area contributed by atoms with Crippen LogP contribution in [-0.4, -0.2) is 156 Å². The Kier molecular flexibility index (Phi) is 57.5. The molecule has 1 saturated carbocycles. The first kappa shape index (κ1) is 63.5. The second kappa shape index (κ2) is 60.6. The van der Waals surface area contributed by atoms with Crippen molar-refractivity contribution in [2.24, 2.45) is 0 Å². The minimum atomic E-state index is 0.889. The van der Waals surface area contributed by atoms with Gasteiger partial charge in [0.2, 0.25) is 0 Å². The zero-order valence-corrected chi connectivity index (χ0v) is 44.1. The number of piperidine rings is 1. The predicted molar refractivity (Wildman–Crippen MR) is 294 cm³/mol. The van der Waals surface area contributed by atoms with Crippen LogP contribution in [0.25, 0.3) is 0 Å². The molecule has 0 spiro atoms. The van der Waals surface area contributed by atoms with Crippen LogP contribution in [0.15, 0.2) is 48.9 Å². The van der Waals surface area contributed by atoms with Crippen LogP contribution in [0.3, 0.4) is 0 Å². The highest BCUT2D eigenvalue weighted by molar-refractivity contribution is 7.99. The number of nitrogens with one attached hydrogen (secondary N) is 9. The van der Waals surface area contributed by atoms with Crippen molar-refractivity contribution in [3.8, 4) is 0 Å². The first-order chi connectivity index (χ1) is 33.5. The zero-order chi connectivity index (χ0) is 47.4. The lowest BCUT2D eigenvalue weighted by Gasteiger charge is -2.11. The Bertz CT molecular complexity index is 775. The average Bonchev–Trinajstić information content (AvgIpc) is 4.32. The summed E-state index contributed by atoms with van der Waals surface area (Å²) >= 11 is 2.07. The largest absolute Gasteiger partial charge is 0.391 e. The summed E-state index contributed by atoms with van der Waals surface area (Å²) in [6.45, 7) is 24.1. The molecule has 0 bridgehead atoms. The molecule has 11 heterocycles. The predicted octanol–water partition coefficient (Wildman–Crippen LogP) is 7.81. The molecule has 13 heteroatoms. The standard InChI is InChI=1S/C6H12.C5H11N.2C5H9N.C5H10O.C4H10N2.C4H9NO.C4H9N.2C4H7N.C4H8O.C4H8S/c5*1-2-4-6-5-3-1;1-2-6-4-3-5-1;1-3-6-4-2-5-1;5*1-2-4-5-3-1/h1-6H2;6H,1-5H2;2,4,6H,1,3,5H2;1-2,6H,3-5H2;1-5H2;5-6H,1-4H2;5H,1-4H2;5H,1-4H2;1,3,5H,2,4H2;1-2,5H,3-4H2;2*1-4H2. The van der Waals surface area contributed by atoms with Crippen LogP contribution in [0.5, 0.6) is 0 Å². The van der Waals surface area contributed by atoms with Crippen molar-refractivity contribution in [3.05, 3.63) is 48.9 Å². The maximum Gasteiger partial charge on any atom is 0.0591 e. The number of rotatable bonds is 0. The molecule has 12 aliphatic rings. The van der Waals surface area contributed by atoms with Gasteiger partial charge in [-0.2, -0.15) is 11.8 Å². The van der Waals surface area contributed by atoms with E-state index in [1.165, 1.54) is 179 Å². The van der Waals surface area contributed by atoms with E-state index in [1.807, 2.05) is 12.4 Å². The quantitative estimate of drug-likeness (QED) is 0.109. The molecular weight excluding hydrogens is 855 g/mol. The Morgan fingerprint density at radius 1 is 0.254 bits per heavy atom. The molecule has 67 heavy (non-hydrogen) atoms. The third kappa shape index (κ3) is 58.7. The van der Waals surface area contributed by atoms with Gasteiger partial charge in [-0.15, -0.1) is 0 Å². The number of ether oxygens (including phenoxy) is 3. The lowest BCUT2D eigenvalue weighted by molar-refractivity contribution is 0.0968. The molecule has 0 atom stereocenters. The molecule has 0 amide bonds. The van der Waals surface area contributed by atoms with E-state index >= 15 is 0 Å². The molecule has 1 aliphatic carbocycles. The van der Waals surface area contributed by atoms with Gasteiger partial charge in [0.15, 0.2) is 0 Å². The van der Waals surface area contributed by atoms with Gasteiger partial charge in [-0.3, -0.25) is 0 Å². The van der Waals surface area contributed by atoms with E-state index in [1.54, 1.807) is 0 Å². The van der Waals surface area contributed by atoms with Crippen molar-refractivity contribution in [2.75, 3.05) is 156 Å². The molecule has 394 valence electrons. The summed E-state index contributed by atoms with van der Waals surface area (Å²) in [5.74, 6) is 2.83. The summed E-state index contributed by atoms with van der Waals surface area (Å²) in [6, 6.07) is 0. The summed E-state index contributed by atoms with van der Waals surface area (Å²) in [6.07, 6.45) is 47.3. The Hall–Kier alpha value is -1.49. The molecule has 12 rings (SSSR count). The molecule has 9 N–H and O–H groups in total. The Morgan fingerprint density at radius 3 is 0.836 bits per heavy atom. The van der Waals surface area contributed by atoms with Gasteiger partial charge in [0.1, 0.15) is 0 Å². The third-order valence-electron chi connectivity index (χ3n) is 11.4. The van der Waals surface area contributed by atoms with Crippen LogP contribution in [0, 0.1) is 0 Å². The fourth-order valence-corrected chi connectivity index (χ4v) is 8.31. The van der Waals surface area contributed by atoms with E-state index in [2.05, 4.69) is 96.1 Å². The summed E-state index contributed by atoms with van der Waals surface area (Å²) < 4.78 is 15.0. The van der Waals surface area contributed by atoms with Crippen LogP contribution < -0.4 is 47.9 Å². The molecule has 0 radical (unpaired) electrons. The number of piperazine rings is 1. The van der Waals surface area contributed by atoms with Crippen LogP contribution in [0.2, 0.25) is 0 Å². The number of morpholine rings is 1. The topological polar surface area (TPSA) is 136 Å². The zero-order valence-electron chi connectivity index (χ0n) is 43.3. The van der Waals surface area contributed by atoms with E-state index in [4.69, 9.17) is 14.2 Å². The highest BCUT2D eigenvalue weighted by Crippen LogP contribution is 2.15. The Balaban J connectivity index is 0.000000366. The molecule has 7 saturated heterocycles. The van der Waals surface area contributed by atoms with Crippen molar-refractivity contribution < 1.29 is 14.2 Å². The van der Waals surface area contributed by atoms with Gasteiger partial charge >= 0.3 is 0 Å². The SMILES string of the molecule is C1=CCNC1.C1=CCNCC1.C1=CNCC1.C1=CNCCC1.C1CCCCC1.C1CCNC1.C1CCNCC1.C1CCOC1.C1CCOCC1.C1CCSC1.C1CNCCN1.C1COCCN1. The van der Waals surface area contributed by atoms with Gasteiger partial charge in [-0.25, -0.2) is 0 Å². The van der Waals surface area contributed by atoms with Gasteiger partial charge in [0, 0.05) is 98.4 Å². The van der Waals surface area contributed by atoms with Gasteiger partial charge in [0.05, 0.1) is 13.2 Å². The smallest absolute Gasteiger partial charge is 0.0591 e. The molecule has 11 aliphatic heterocycles. The Morgan fingerprint density at radius 2 is 0.657 bits per heavy atom. The second-order valence-electron chi connectivity index (χ2n) is 17.8. The fraction of sp³-hybridized carbons (Fsp3) is 0.852. The molecule has 0 unspecified atom stereocenters. The van der Waals surface area contributed by atoms with E-state index in [-0.39, 0.29) is 0 Å². The van der Waals surface area contributed by atoms with Crippen molar-refractivity contribution in [1.29, 1.82) is 0 Å². The second-order valence-corrected chi connectivity index (χ2v) is 19.0. The molecule has 0 aromatic rings. The number of thioether (sulfide) groups is 1. The first-order valence-corrected chi connectivity index (χ1v) is 29.0. The van der Waals surface area contributed by atoms with E-state index in [9.17, 15) is 0 Å². The van der Waals surface area contributed by atoms with Gasteiger partial charge in [-0.1, -0.05) is 81.4 Å². The summed E-state index contributed by atoms with van der Waals surface area (Å²) in [4.78, 5) is 0. The van der Waals surface area contributed by atoms with Crippen LogP contribution in [0.4, 0.5) is 0 Å². The van der Waals surface area contributed by atoms with Crippen molar-refractivity contribution >= 4 is 11.8 Å².